The summed E-state index contributed by atoms with van der Waals surface area (Å²) in [5.41, 5.74) is 0.0312. The van der Waals surface area contributed by atoms with Crippen LogP contribution in [0.3, 0.4) is 0 Å². The van der Waals surface area contributed by atoms with Crippen molar-refractivity contribution in [2.75, 3.05) is 0 Å². The Kier molecular flexibility index (Phi) is 4.02. The zero-order valence-corrected chi connectivity index (χ0v) is 9.93. The largest absolute Gasteiger partial charge is 0.489 e. The van der Waals surface area contributed by atoms with Crippen LogP contribution in [0.5, 0.6) is 0 Å². The van der Waals surface area contributed by atoms with Gasteiger partial charge in [0, 0.05) is 0 Å². The second kappa shape index (κ2) is 4.67. The molecule has 3 heteroatoms. The molecule has 81 valence electrons. The minimum absolute atomic E-state index is 0.0156. The Morgan fingerprint density at radius 3 is 1.79 bits per heavy atom. The summed E-state index contributed by atoms with van der Waals surface area (Å²) in [6, 6.07) is 0. The first kappa shape index (κ1) is 12.1. The van der Waals surface area contributed by atoms with Crippen LogP contribution in [0, 0.1) is 0 Å². The van der Waals surface area contributed by atoms with Crippen LogP contribution < -0.4 is 0 Å². The van der Waals surface area contributed by atoms with Crippen LogP contribution in [-0.4, -0.2) is 18.9 Å². The van der Waals surface area contributed by atoms with Crippen LogP contribution in [-0.2, 0) is 9.31 Å². The van der Waals surface area contributed by atoms with Crippen molar-refractivity contribution in [1.29, 1.82) is 0 Å². The van der Waals surface area contributed by atoms with Gasteiger partial charge in [0.25, 0.3) is 0 Å². The summed E-state index contributed by atoms with van der Waals surface area (Å²) >= 11 is 0. The molecule has 1 radical (unpaired) electrons. The van der Waals surface area contributed by atoms with E-state index in [-0.39, 0.29) is 11.2 Å². The van der Waals surface area contributed by atoms with Gasteiger partial charge in [-0.15, -0.1) is 0 Å². The maximum Gasteiger partial charge on any atom is 0.489 e. The third kappa shape index (κ3) is 1.51. The van der Waals surface area contributed by atoms with Crippen molar-refractivity contribution in [2.45, 2.75) is 71.0 Å². The van der Waals surface area contributed by atoms with Crippen LogP contribution in [0.1, 0.15) is 59.8 Å². The smallest absolute Gasteiger partial charge is 0.405 e. The van der Waals surface area contributed by atoms with Crippen molar-refractivity contribution in [2.24, 2.45) is 0 Å². The maximum absolute atomic E-state index is 5.66. The Morgan fingerprint density at radius 2 is 1.43 bits per heavy atom. The van der Waals surface area contributed by atoms with Gasteiger partial charge in [-0.2, -0.15) is 0 Å². The van der Waals surface area contributed by atoms with Crippen LogP contribution in [0.2, 0.25) is 0 Å². The van der Waals surface area contributed by atoms with Crippen molar-refractivity contribution in [3.8, 4) is 0 Å². The number of rotatable bonds is 2. The quantitative estimate of drug-likeness (QED) is 0.633. The summed E-state index contributed by atoms with van der Waals surface area (Å²) in [4.78, 5) is 0. The van der Waals surface area contributed by atoms with Gasteiger partial charge in [0.1, 0.15) is 0 Å². The maximum atomic E-state index is 5.66. The molecule has 0 N–H and O–H groups in total. The van der Waals surface area contributed by atoms with Crippen molar-refractivity contribution < 1.29 is 9.31 Å². The number of hydrogen-bond acceptors (Lipinski definition) is 2. The van der Waals surface area contributed by atoms with Crippen LogP contribution in [0.15, 0.2) is 0 Å². The van der Waals surface area contributed by atoms with Gasteiger partial charge in [0.05, 0.1) is 11.2 Å². The van der Waals surface area contributed by atoms with Gasteiger partial charge in [-0.3, -0.25) is 0 Å². The van der Waals surface area contributed by atoms with Crippen LogP contribution in [0.25, 0.3) is 0 Å². The topological polar surface area (TPSA) is 18.5 Å². The third-order valence-corrected chi connectivity index (χ3v) is 3.68. The highest BCUT2D eigenvalue weighted by atomic mass is 16.7. The lowest BCUT2D eigenvalue weighted by atomic mass is 9.82. The molecule has 2 atom stereocenters. The zero-order valence-electron chi connectivity index (χ0n) is 9.93. The monoisotopic (exact) mass is 197 g/mol. The van der Waals surface area contributed by atoms with E-state index < -0.39 is 0 Å². The lowest BCUT2D eigenvalue weighted by Gasteiger charge is -2.37. The summed E-state index contributed by atoms with van der Waals surface area (Å²) in [6.07, 6.45) is 5.70. The lowest BCUT2D eigenvalue weighted by Crippen LogP contribution is -2.46. The van der Waals surface area contributed by atoms with E-state index in [0.29, 0.717) is 0 Å². The van der Waals surface area contributed by atoms with E-state index in [9.17, 15) is 0 Å². The second-order valence-electron chi connectivity index (χ2n) is 3.88. The van der Waals surface area contributed by atoms with Crippen LogP contribution in [0.4, 0.5) is 0 Å². The molecule has 0 spiro atoms. The van der Waals surface area contributed by atoms with E-state index in [4.69, 9.17) is 9.31 Å². The molecule has 2 fully saturated rings. The predicted molar refractivity (Wildman–Crippen MR) is 59.2 cm³/mol. The minimum Gasteiger partial charge on any atom is -0.405 e. The minimum atomic E-state index is 0.0156. The molecule has 1 aliphatic carbocycles. The van der Waals surface area contributed by atoms with Gasteiger partial charge >= 0.3 is 7.69 Å². The molecule has 14 heavy (non-hydrogen) atoms. The SMILES string of the molecule is CC.CC[C@@]12CCC[C@]1(CC)O[B]O2. The summed E-state index contributed by atoms with van der Waals surface area (Å²) in [5.74, 6) is 0. The molecule has 1 saturated heterocycles. The van der Waals surface area contributed by atoms with Gasteiger partial charge in [0.2, 0.25) is 0 Å². The average molecular weight is 197 g/mol. The van der Waals surface area contributed by atoms with Crippen molar-refractivity contribution in [3.05, 3.63) is 0 Å². The molecule has 0 aromatic heterocycles. The molecular weight excluding hydrogens is 175 g/mol. The fourth-order valence-electron chi connectivity index (χ4n) is 2.82. The highest BCUT2D eigenvalue weighted by Gasteiger charge is 2.58. The van der Waals surface area contributed by atoms with Crippen molar-refractivity contribution >= 4 is 7.69 Å². The third-order valence-electron chi connectivity index (χ3n) is 3.68. The first-order chi connectivity index (χ1) is 6.79. The van der Waals surface area contributed by atoms with Gasteiger partial charge < -0.3 is 9.31 Å². The van der Waals surface area contributed by atoms with E-state index in [1.807, 2.05) is 13.8 Å². The first-order valence-electron chi connectivity index (χ1n) is 5.96. The molecule has 1 aliphatic heterocycles. The summed E-state index contributed by atoms with van der Waals surface area (Å²) < 4.78 is 11.3. The van der Waals surface area contributed by atoms with Crippen molar-refractivity contribution in [3.63, 3.8) is 0 Å². The molecule has 2 rings (SSSR count). The van der Waals surface area contributed by atoms with Gasteiger partial charge in [-0.05, 0) is 32.1 Å². The van der Waals surface area contributed by atoms with E-state index in [1.54, 1.807) is 7.69 Å². The molecule has 0 amide bonds. The van der Waals surface area contributed by atoms with Gasteiger partial charge in [-0.1, -0.05) is 27.7 Å². The van der Waals surface area contributed by atoms with Crippen molar-refractivity contribution in [1.82, 2.24) is 0 Å². The Balaban J connectivity index is 0.000000461. The Labute approximate surface area is 88.7 Å². The van der Waals surface area contributed by atoms with Gasteiger partial charge in [0.15, 0.2) is 0 Å². The molecule has 1 heterocycles. The van der Waals surface area contributed by atoms with Gasteiger partial charge in [-0.25, -0.2) is 0 Å². The highest BCUT2D eigenvalue weighted by Crippen LogP contribution is 2.51. The first-order valence-corrected chi connectivity index (χ1v) is 5.96. The summed E-state index contributed by atoms with van der Waals surface area (Å²) in [5, 5.41) is 0. The van der Waals surface area contributed by atoms with E-state index in [2.05, 4.69) is 13.8 Å². The predicted octanol–water partition coefficient (Wildman–Crippen LogP) is 3.08. The van der Waals surface area contributed by atoms with E-state index in [1.165, 1.54) is 6.42 Å². The molecule has 2 aliphatic rings. The standard InChI is InChI=1S/C9H16BO2.C2H6/c1-3-8-6-5-7-9(8,4-2)12-10-11-8;1-2/h3-7H2,1-2H3;1-2H3/t8-,9+;. The fraction of sp³-hybridized carbons (Fsp3) is 1.00. The molecule has 0 aromatic carbocycles. The highest BCUT2D eigenvalue weighted by molar-refractivity contribution is 6.19. The fourth-order valence-corrected chi connectivity index (χ4v) is 2.82. The molecule has 0 aromatic rings. The molecular formula is C11H22BO2. The summed E-state index contributed by atoms with van der Waals surface area (Å²) in [6.45, 7) is 8.39. The van der Waals surface area contributed by atoms with Crippen LogP contribution >= 0.6 is 0 Å². The molecule has 2 nitrogen and oxygen atoms in total. The summed E-state index contributed by atoms with van der Waals surface area (Å²) in [7, 11) is 1.56. The second-order valence-corrected chi connectivity index (χ2v) is 3.88. The number of hydrogen-bond donors (Lipinski definition) is 0. The Hall–Kier alpha value is -0.0151. The molecule has 1 saturated carbocycles. The van der Waals surface area contributed by atoms with E-state index >= 15 is 0 Å². The molecule has 0 bridgehead atoms. The average Bonchev–Trinajstić information content (AvgIpc) is 2.75. The Morgan fingerprint density at radius 1 is 1.00 bits per heavy atom. The number of fused-ring (bicyclic) bond motifs is 1. The normalized spacial score (nSPS) is 39.7. The zero-order chi connectivity index (χ0) is 10.7. The Bertz CT molecular complexity index is 154. The van der Waals surface area contributed by atoms with E-state index in [0.717, 1.165) is 25.7 Å². The molecule has 0 unspecified atom stereocenters. The lowest BCUT2D eigenvalue weighted by molar-refractivity contribution is -0.0281.